The molecule has 0 atom stereocenters. The van der Waals surface area contributed by atoms with Gasteiger partial charge in [0.1, 0.15) is 0 Å². The van der Waals surface area contributed by atoms with Crippen LogP contribution in [0.2, 0.25) is 0 Å². The van der Waals surface area contributed by atoms with Crippen molar-refractivity contribution in [1.29, 1.82) is 0 Å². The van der Waals surface area contributed by atoms with Gasteiger partial charge in [0.05, 0.1) is 0 Å². The third-order valence-corrected chi connectivity index (χ3v) is 12.0. The van der Waals surface area contributed by atoms with Gasteiger partial charge in [-0.15, -0.1) is 0 Å². The van der Waals surface area contributed by atoms with Gasteiger partial charge in [-0.3, -0.25) is 0 Å². The van der Waals surface area contributed by atoms with Crippen LogP contribution in [0.3, 0.4) is 0 Å². The Hall–Kier alpha value is -1.10. The van der Waals surface area contributed by atoms with Crippen LogP contribution in [-0.4, -0.2) is 0 Å². The summed E-state index contributed by atoms with van der Waals surface area (Å²) in [5, 5.41) is 0. The van der Waals surface area contributed by atoms with Gasteiger partial charge in [0.2, 0.25) is 0 Å². The van der Waals surface area contributed by atoms with Crippen LogP contribution < -0.4 is 5.73 Å². The number of benzene rings is 2. The van der Waals surface area contributed by atoms with E-state index >= 15 is 0 Å². The second-order valence-electron chi connectivity index (χ2n) is 14.7. The molecule has 10 rings (SSSR count). The standard InChI is InChI=1S/C34H43N.Pd/c35-32-30(28-4-2-1-3-5-28)7-6-29(20-33-14-22-8-23(15-33)10-24(9-22)16-33)31(32)21-34-17-25-11-26(18-34)13-27(12-25)19-34;/h1-7,22-27H,8-21,35H2;/q;+2. The molecule has 36 heavy (non-hydrogen) atoms. The summed E-state index contributed by atoms with van der Waals surface area (Å²) in [6.07, 6.45) is 20.7. The average Bonchev–Trinajstić information content (AvgIpc) is 2.80. The Labute approximate surface area is 232 Å². The average molecular weight is 572 g/mol. The van der Waals surface area contributed by atoms with E-state index in [-0.39, 0.29) is 20.4 Å². The molecule has 0 radical (unpaired) electrons. The summed E-state index contributed by atoms with van der Waals surface area (Å²) in [6.45, 7) is 0. The molecule has 8 aliphatic rings. The number of hydrogen-bond acceptors (Lipinski definition) is 1. The van der Waals surface area contributed by atoms with Crippen LogP contribution in [0.25, 0.3) is 11.1 Å². The van der Waals surface area contributed by atoms with E-state index in [1.54, 1.807) is 11.1 Å². The molecule has 2 aromatic rings. The fourth-order valence-corrected chi connectivity index (χ4v) is 11.7. The molecule has 2 heteroatoms. The van der Waals surface area contributed by atoms with Crippen LogP contribution in [0.4, 0.5) is 5.69 Å². The van der Waals surface area contributed by atoms with Crippen molar-refractivity contribution in [2.75, 3.05) is 5.73 Å². The topological polar surface area (TPSA) is 26.0 Å². The van der Waals surface area contributed by atoms with Crippen molar-refractivity contribution < 1.29 is 20.4 Å². The maximum Gasteiger partial charge on any atom is 2.00 e. The normalized spacial score (nSPS) is 41.4. The SMILES string of the molecule is Nc1c(-c2ccccc2)ccc(CC23CC4CC(CC(C4)C2)C3)c1CC12CC3CC(CC(C3)C1)C2.[Pd+2]. The molecular weight excluding hydrogens is 529 g/mol. The number of anilines is 1. The maximum atomic E-state index is 7.21. The minimum Gasteiger partial charge on any atom is -0.398 e. The quantitative estimate of drug-likeness (QED) is 0.283. The van der Waals surface area contributed by atoms with Gasteiger partial charge in [0.15, 0.2) is 0 Å². The van der Waals surface area contributed by atoms with Gasteiger partial charge < -0.3 is 5.73 Å². The molecule has 8 fully saturated rings. The van der Waals surface area contributed by atoms with Gasteiger partial charge in [-0.2, -0.15) is 0 Å². The number of nitrogen functional groups attached to an aromatic ring is 1. The second kappa shape index (κ2) is 8.71. The van der Waals surface area contributed by atoms with Crippen LogP contribution in [0.1, 0.15) is 88.2 Å². The molecule has 0 unspecified atom stereocenters. The maximum absolute atomic E-state index is 7.21. The van der Waals surface area contributed by atoms with Crippen molar-refractivity contribution in [3.63, 3.8) is 0 Å². The molecule has 2 N–H and O–H groups in total. The molecule has 8 bridgehead atoms. The summed E-state index contributed by atoms with van der Waals surface area (Å²) in [6, 6.07) is 15.9. The van der Waals surface area contributed by atoms with Crippen molar-refractivity contribution in [3.8, 4) is 11.1 Å². The van der Waals surface area contributed by atoms with E-state index in [0.29, 0.717) is 10.8 Å². The van der Waals surface area contributed by atoms with E-state index in [4.69, 9.17) is 5.73 Å². The molecule has 0 aliphatic heterocycles. The zero-order chi connectivity index (χ0) is 23.2. The minimum atomic E-state index is 0. The third kappa shape index (κ3) is 3.96. The van der Waals surface area contributed by atoms with Crippen LogP contribution in [0.5, 0.6) is 0 Å². The van der Waals surface area contributed by atoms with Gasteiger partial charge in [-0.1, -0.05) is 42.5 Å². The predicted octanol–water partition coefficient (Wildman–Crippen LogP) is 8.45. The zero-order valence-electron chi connectivity index (χ0n) is 21.8. The summed E-state index contributed by atoms with van der Waals surface area (Å²) in [7, 11) is 0. The number of rotatable bonds is 5. The summed E-state index contributed by atoms with van der Waals surface area (Å²) in [5.41, 5.74) is 15.2. The Balaban J connectivity index is 0.00000220. The summed E-state index contributed by atoms with van der Waals surface area (Å²) in [5.74, 6) is 6.08. The molecule has 8 aliphatic carbocycles. The monoisotopic (exact) mass is 571 g/mol. The van der Waals surface area contributed by atoms with E-state index in [0.717, 1.165) is 41.2 Å². The summed E-state index contributed by atoms with van der Waals surface area (Å²) < 4.78 is 0. The van der Waals surface area contributed by atoms with Gasteiger partial charge in [0.25, 0.3) is 0 Å². The Morgan fingerprint density at radius 3 is 1.50 bits per heavy atom. The largest absolute Gasteiger partial charge is 2.00 e. The van der Waals surface area contributed by atoms with Crippen LogP contribution in [0.15, 0.2) is 42.5 Å². The first-order valence-corrected chi connectivity index (χ1v) is 15.0. The molecule has 1 nitrogen and oxygen atoms in total. The Bertz CT molecular complexity index is 1060. The Morgan fingerprint density at radius 1 is 0.583 bits per heavy atom. The van der Waals surface area contributed by atoms with Gasteiger partial charge in [-0.25, -0.2) is 0 Å². The van der Waals surface area contributed by atoms with Crippen LogP contribution in [-0.2, 0) is 33.3 Å². The van der Waals surface area contributed by atoms with Gasteiger partial charge >= 0.3 is 20.4 Å². The van der Waals surface area contributed by atoms with Crippen molar-refractivity contribution in [2.45, 2.75) is 89.9 Å². The molecule has 8 saturated carbocycles. The smallest absolute Gasteiger partial charge is 0.398 e. The fraction of sp³-hybridized carbons (Fsp3) is 0.647. The van der Waals surface area contributed by atoms with E-state index < -0.39 is 0 Å². The molecule has 0 aromatic heterocycles. The van der Waals surface area contributed by atoms with E-state index in [1.807, 2.05) is 0 Å². The van der Waals surface area contributed by atoms with Gasteiger partial charge in [0, 0.05) is 11.3 Å². The first-order chi connectivity index (χ1) is 17.0. The minimum absolute atomic E-state index is 0. The molecule has 0 amide bonds. The number of hydrogen-bond donors (Lipinski definition) is 1. The van der Waals surface area contributed by atoms with E-state index in [9.17, 15) is 0 Å². The fourth-order valence-electron chi connectivity index (χ4n) is 11.7. The van der Waals surface area contributed by atoms with E-state index in [2.05, 4.69) is 42.5 Å². The molecular formula is C34H43NPd+2. The van der Waals surface area contributed by atoms with Crippen molar-refractivity contribution in [2.24, 2.45) is 46.3 Å². The van der Waals surface area contributed by atoms with Crippen LogP contribution >= 0.6 is 0 Å². The van der Waals surface area contributed by atoms with Crippen molar-refractivity contribution >= 4 is 5.69 Å². The molecule has 0 heterocycles. The molecule has 192 valence electrons. The van der Waals surface area contributed by atoms with Crippen molar-refractivity contribution in [1.82, 2.24) is 0 Å². The van der Waals surface area contributed by atoms with Gasteiger partial charge in [-0.05, 0) is 153 Å². The van der Waals surface area contributed by atoms with E-state index in [1.165, 1.54) is 101 Å². The van der Waals surface area contributed by atoms with Crippen molar-refractivity contribution in [3.05, 3.63) is 53.6 Å². The Kier molecular flexibility index (Phi) is 5.80. The first kappa shape index (κ1) is 24.0. The summed E-state index contributed by atoms with van der Waals surface area (Å²) >= 11 is 0. The first-order valence-electron chi connectivity index (χ1n) is 15.0. The number of nitrogens with two attached hydrogens (primary N) is 1. The summed E-state index contributed by atoms with van der Waals surface area (Å²) in [4.78, 5) is 0. The molecule has 0 spiro atoms. The zero-order valence-corrected chi connectivity index (χ0v) is 23.4. The van der Waals surface area contributed by atoms with Crippen LogP contribution in [0, 0.1) is 46.3 Å². The molecule has 2 aromatic carbocycles. The third-order valence-electron chi connectivity index (χ3n) is 12.0. The second-order valence-corrected chi connectivity index (χ2v) is 14.7. The predicted molar refractivity (Wildman–Crippen MR) is 145 cm³/mol. The molecule has 0 saturated heterocycles. The Morgan fingerprint density at radius 2 is 1.03 bits per heavy atom.